The van der Waals surface area contributed by atoms with E-state index in [-0.39, 0.29) is 17.9 Å². The van der Waals surface area contributed by atoms with Crippen LogP contribution in [0.15, 0.2) is 77.7 Å². The van der Waals surface area contributed by atoms with Crippen LogP contribution in [0, 0.1) is 12.7 Å². The van der Waals surface area contributed by atoms with Crippen LogP contribution < -0.4 is 9.64 Å². The molecule has 3 aromatic carbocycles. The average molecular weight is 497 g/mol. The van der Waals surface area contributed by atoms with Gasteiger partial charge < -0.3 is 4.74 Å². The Kier molecular flexibility index (Phi) is 7.00. The van der Waals surface area contributed by atoms with Crippen molar-refractivity contribution < 1.29 is 27.1 Å². The number of carbonyl (C=O) groups is 2. The molecule has 182 valence electrons. The summed E-state index contributed by atoms with van der Waals surface area (Å²) in [6.45, 7) is 4.10. The van der Waals surface area contributed by atoms with Gasteiger partial charge in [0.15, 0.2) is 0 Å². The van der Waals surface area contributed by atoms with Gasteiger partial charge >= 0.3 is 0 Å². The van der Waals surface area contributed by atoms with Crippen molar-refractivity contribution in [2.24, 2.45) is 0 Å². The average Bonchev–Trinajstić information content (AvgIpc) is 3.13. The number of imide groups is 1. The van der Waals surface area contributed by atoms with Crippen LogP contribution in [0.3, 0.4) is 0 Å². The molecule has 0 spiro atoms. The van der Waals surface area contributed by atoms with Crippen LogP contribution in [0.4, 0.5) is 10.1 Å². The summed E-state index contributed by atoms with van der Waals surface area (Å²) in [6, 6.07) is 16.8. The molecule has 1 heterocycles. The zero-order valence-corrected chi connectivity index (χ0v) is 20.2. The van der Waals surface area contributed by atoms with Crippen LogP contribution >= 0.6 is 0 Å². The molecule has 2 amide bonds. The van der Waals surface area contributed by atoms with Crippen molar-refractivity contribution in [2.75, 3.05) is 11.5 Å². The first-order chi connectivity index (χ1) is 16.7. The highest BCUT2D eigenvalue weighted by molar-refractivity contribution is 7.89. The van der Waals surface area contributed by atoms with Gasteiger partial charge in [0.1, 0.15) is 17.6 Å². The molecule has 0 aliphatic carbocycles. The molecule has 4 rings (SSSR count). The Morgan fingerprint density at radius 1 is 0.971 bits per heavy atom. The number of aryl methyl sites for hydroxylation is 1. The van der Waals surface area contributed by atoms with E-state index < -0.39 is 33.7 Å². The lowest BCUT2D eigenvalue weighted by Crippen LogP contribution is -2.45. The third kappa shape index (κ3) is 5.11. The summed E-state index contributed by atoms with van der Waals surface area (Å²) in [7, 11) is -4.24. The van der Waals surface area contributed by atoms with Crippen LogP contribution in [0.5, 0.6) is 5.75 Å². The second kappa shape index (κ2) is 9.97. The van der Waals surface area contributed by atoms with Crippen LogP contribution in [-0.2, 0) is 26.2 Å². The summed E-state index contributed by atoms with van der Waals surface area (Å²) < 4.78 is 47.1. The number of hydrogen-bond acceptors (Lipinski definition) is 5. The van der Waals surface area contributed by atoms with Crippen molar-refractivity contribution in [3.05, 3.63) is 89.7 Å². The maximum atomic E-state index is 13.6. The molecule has 1 atom stereocenters. The van der Waals surface area contributed by atoms with Gasteiger partial charge in [0.25, 0.3) is 5.91 Å². The minimum Gasteiger partial charge on any atom is -0.494 e. The molecule has 0 aromatic heterocycles. The number of hydrogen-bond donors (Lipinski definition) is 0. The molecule has 35 heavy (non-hydrogen) atoms. The zero-order valence-electron chi connectivity index (χ0n) is 19.3. The van der Waals surface area contributed by atoms with E-state index in [1.165, 1.54) is 0 Å². The van der Waals surface area contributed by atoms with Gasteiger partial charge in [-0.15, -0.1) is 0 Å². The van der Waals surface area contributed by atoms with E-state index >= 15 is 0 Å². The van der Waals surface area contributed by atoms with Crippen molar-refractivity contribution in [3.63, 3.8) is 0 Å². The van der Waals surface area contributed by atoms with E-state index in [0.29, 0.717) is 23.6 Å². The summed E-state index contributed by atoms with van der Waals surface area (Å²) in [5.74, 6) is -1.14. The molecule has 0 bridgehead atoms. The number of nitrogens with zero attached hydrogens (tertiary/aromatic N) is 2. The number of rotatable bonds is 8. The maximum absolute atomic E-state index is 13.6. The number of halogens is 1. The first-order valence-corrected chi connectivity index (χ1v) is 12.6. The lowest BCUT2D eigenvalue weighted by molar-refractivity contribution is -0.122. The van der Waals surface area contributed by atoms with Gasteiger partial charge in [0.05, 0.1) is 23.6 Å². The Balaban J connectivity index is 1.71. The summed E-state index contributed by atoms with van der Waals surface area (Å²) in [6.07, 6.45) is -0.307. The lowest BCUT2D eigenvalue weighted by atomic mass is 10.1. The van der Waals surface area contributed by atoms with Crippen LogP contribution in [-0.4, -0.2) is 37.2 Å². The fourth-order valence-electron chi connectivity index (χ4n) is 3.95. The first kappa shape index (κ1) is 24.6. The standard InChI is InChI=1S/C26H25FN2O5S/c1-3-34-22-12-10-21(11-13-22)29-25(30)16-24(26(29)31)28(17-19-6-4-18(2)5-7-19)35(32,33)23-14-8-20(27)9-15-23/h4-15,24H,3,16-17H2,1-2H3. The first-order valence-electron chi connectivity index (χ1n) is 11.1. The Hall–Kier alpha value is -3.56. The van der Waals surface area contributed by atoms with Gasteiger partial charge in [-0.05, 0) is 67.9 Å². The molecule has 0 radical (unpaired) electrons. The number of anilines is 1. The second-order valence-corrected chi connectivity index (χ2v) is 10.1. The van der Waals surface area contributed by atoms with Gasteiger partial charge in [-0.1, -0.05) is 29.8 Å². The minimum atomic E-state index is -4.24. The number of benzene rings is 3. The molecule has 3 aromatic rings. The molecule has 0 saturated carbocycles. The molecule has 1 unspecified atom stereocenters. The molecule has 1 saturated heterocycles. The van der Waals surface area contributed by atoms with Crippen molar-refractivity contribution >= 4 is 27.5 Å². The monoisotopic (exact) mass is 496 g/mol. The third-order valence-electron chi connectivity index (χ3n) is 5.76. The predicted molar refractivity (Wildman–Crippen MR) is 129 cm³/mol. The molecule has 1 aliphatic rings. The molecular weight excluding hydrogens is 471 g/mol. The Labute approximate surface area is 203 Å². The van der Waals surface area contributed by atoms with Crippen molar-refractivity contribution in [2.45, 2.75) is 37.8 Å². The van der Waals surface area contributed by atoms with Crippen LogP contribution in [0.1, 0.15) is 24.5 Å². The molecule has 0 N–H and O–H groups in total. The summed E-state index contributed by atoms with van der Waals surface area (Å²) >= 11 is 0. The highest BCUT2D eigenvalue weighted by Crippen LogP contribution is 2.31. The maximum Gasteiger partial charge on any atom is 0.252 e. The summed E-state index contributed by atoms with van der Waals surface area (Å²) in [4.78, 5) is 27.2. The number of carbonyl (C=O) groups excluding carboxylic acids is 2. The minimum absolute atomic E-state index is 0.124. The van der Waals surface area contributed by atoms with Gasteiger partial charge in [0.2, 0.25) is 15.9 Å². The van der Waals surface area contributed by atoms with Crippen molar-refractivity contribution in [1.82, 2.24) is 4.31 Å². The molecule has 1 fully saturated rings. The smallest absolute Gasteiger partial charge is 0.252 e. The van der Waals surface area contributed by atoms with Gasteiger partial charge in [-0.3, -0.25) is 9.59 Å². The summed E-state index contributed by atoms with van der Waals surface area (Å²) in [5.41, 5.74) is 1.98. The van der Waals surface area contributed by atoms with E-state index in [4.69, 9.17) is 4.74 Å². The van der Waals surface area contributed by atoms with E-state index in [2.05, 4.69) is 0 Å². The fraction of sp³-hybridized carbons (Fsp3) is 0.231. The quantitative estimate of drug-likeness (QED) is 0.439. The highest BCUT2D eigenvalue weighted by Gasteiger charge is 2.47. The Morgan fingerprint density at radius 3 is 2.20 bits per heavy atom. The topological polar surface area (TPSA) is 84.0 Å². The van der Waals surface area contributed by atoms with Crippen molar-refractivity contribution in [3.8, 4) is 5.75 Å². The van der Waals surface area contributed by atoms with E-state index in [0.717, 1.165) is 39.0 Å². The molecule has 7 nitrogen and oxygen atoms in total. The molecule has 1 aliphatic heterocycles. The lowest BCUT2D eigenvalue weighted by Gasteiger charge is -2.27. The second-order valence-electron chi connectivity index (χ2n) is 8.20. The van der Waals surface area contributed by atoms with Crippen LogP contribution in [0.2, 0.25) is 0 Å². The normalized spacial score (nSPS) is 16.2. The highest BCUT2D eigenvalue weighted by atomic mass is 32.2. The van der Waals surface area contributed by atoms with Crippen molar-refractivity contribution in [1.29, 1.82) is 0 Å². The van der Waals surface area contributed by atoms with E-state index in [9.17, 15) is 22.4 Å². The van der Waals surface area contributed by atoms with E-state index in [1.807, 2.05) is 26.0 Å². The fourth-order valence-corrected chi connectivity index (χ4v) is 5.52. The Morgan fingerprint density at radius 2 is 1.60 bits per heavy atom. The van der Waals surface area contributed by atoms with Gasteiger partial charge in [-0.25, -0.2) is 17.7 Å². The van der Waals surface area contributed by atoms with Crippen LogP contribution in [0.25, 0.3) is 0 Å². The van der Waals surface area contributed by atoms with Gasteiger partial charge in [-0.2, -0.15) is 4.31 Å². The largest absolute Gasteiger partial charge is 0.494 e. The number of sulfonamides is 1. The molecular formula is C26H25FN2O5S. The zero-order chi connectivity index (χ0) is 25.2. The Bertz CT molecular complexity index is 1320. The van der Waals surface area contributed by atoms with Gasteiger partial charge in [0, 0.05) is 6.54 Å². The predicted octanol–water partition coefficient (Wildman–Crippen LogP) is 4.06. The molecule has 9 heteroatoms. The summed E-state index contributed by atoms with van der Waals surface area (Å²) in [5, 5.41) is 0. The SMILES string of the molecule is CCOc1ccc(N2C(=O)CC(N(Cc3ccc(C)cc3)S(=O)(=O)c3ccc(F)cc3)C2=O)cc1. The van der Waals surface area contributed by atoms with E-state index in [1.54, 1.807) is 36.4 Å². The third-order valence-corrected chi connectivity index (χ3v) is 7.62. The number of amides is 2. The number of ether oxygens (including phenoxy) is 1.